The van der Waals surface area contributed by atoms with Crippen LogP contribution in [0.4, 0.5) is 0 Å². The fourth-order valence-electron chi connectivity index (χ4n) is 2.44. The van der Waals surface area contributed by atoms with Crippen LogP contribution < -0.4 is 0 Å². The Labute approximate surface area is 123 Å². The Morgan fingerprint density at radius 2 is 2.10 bits per heavy atom. The monoisotopic (exact) mass is 317 g/mol. The predicted octanol–water partition coefficient (Wildman–Crippen LogP) is 0.606. The average Bonchev–Trinajstić information content (AvgIpc) is 2.82. The zero-order valence-electron chi connectivity index (χ0n) is 12.0. The molecule has 8 nitrogen and oxygen atoms in total. The first-order valence-electron chi connectivity index (χ1n) is 6.78. The van der Waals surface area contributed by atoms with Crippen LogP contribution in [0.15, 0.2) is 5.03 Å². The minimum absolute atomic E-state index is 0.0568. The van der Waals surface area contributed by atoms with Crippen molar-refractivity contribution in [2.24, 2.45) is 0 Å². The molecule has 1 aromatic heterocycles. The molecule has 118 valence electrons. The number of piperidine rings is 1. The molecule has 1 fully saturated rings. The molecule has 1 saturated heterocycles. The summed E-state index contributed by atoms with van der Waals surface area (Å²) in [6, 6.07) is 0. The van der Waals surface area contributed by atoms with Gasteiger partial charge in [-0.2, -0.15) is 9.40 Å². The maximum atomic E-state index is 12.5. The lowest BCUT2D eigenvalue weighted by atomic mass is 10.1. The largest absolute Gasteiger partial charge is 0.478 e. The lowest BCUT2D eigenvalue weighted by Gasteiger charge is -2.30. The molecular weight excluding hydrogens is 298 g/mol. The van der Waals surface area contributed by atoms with Crippen LogP contribution in [0.5, 0.6) is 0 Å². The first-order valence-corrected chi connectivity index (χ1v) is 8.22. The molecule has 0 atom stereocenters. The maximum Gasteiger partial charge on any atom is 0.340 e. The van der Waals surface area contributed by atoms with Gasteiger partial charge >= 0.3 is 5.97 Å². The molecule has 0 radical (unpaired) electrons. The Morgan fingerprint density at radius 1 is 1.48 bits per heavy atom. The number of carbonyl (C=O) groups is 1. The molecule has 2 N–H and O–H groups in total. The van der Waals surface area contributed by atoms with Crippen LogP contribution in [-0.2, 0) is 14.8 Å². The molecule has 1 aromatic rings. The molecule has 0 aromatic carbocycles. The number of hydrogen-bond donors (Lipinski definition) is 2. The second-order valence-electron chi connectivity index (χ2n) is 4.89. The van der Waals surface area contributed by atoms with Crippen LogP contribution in [0.2, 0.25) is 0 Å². The van der Waals surface area contributed by atoms with Crippen molar-refractivity contribution in [3.63, 3.8) is 0 Å². The lowest BCUT2D eigenvalue weighted by molar-refractivity contribution is 0.0289. The van der Waals surface area contributed by atoms with Gasteiger partial charge < -0.3 is 9.84 Å². The minimum Gasteiger partial charge on any atom is -0.478 e. The van der Waals surface area contributed by atoms with Gasteiger partial charge in [-0.15, -0.1) is 0 Å². The van der Waals surface area contributed by atoms with Crippen LogP contribution in [0.25, 0.3) is 0 Å². The van der Waals surface area contributed by atoms with Gasteiger partial charge in [0.2, 0.25) is 5.03 Å². The van der Waals surface area contributed by atoms with Crippen LogP contribution >= 0.6 is 0 Å². The zero-order chi connectivity index (χ0) is 15.6. The minimum atomic E-state index is -3.90. The number of nitrogens with one attached hydrogen (secondary N) is 1. The third-order valence-electron chi connectivity index (χ3n) is 3.52. The van der Waals surface area contributed by atoms with E-state index < -0.39 is 21.0 Å². The van der Waals surface area contributed by atoms with E-state index in [0.717, 1.165) is 0 Å². The summed E-state index contributed by atoms with van der Waals surface area (Å²) in [5.74, 6) is -1.30. The Hall–Kier alpha value is -1.45. The van der Waals surface area contributed by atoms with E-state index >= 15 is 0 Å². The van der Waals surface area contributed by atoms with Gasteiger partial charge in [0.05, 0.1) is 6.10 Å². The highest BCUT2D eigenvalue weighted by Gasteiger charge is 2.35. The SMILES string of the molecule is CCOC1CCN(S(=O)(=O)c2n[nH]c(C)c2C(=O)O)CC1. The molecular formula is C12H19N3O5S. The van der Waals surface area contributed by atoms with Gasteiger partial charge in [0.15, 0.2) is 0 Å². The summed E-state index contributed by atoms with van der Waals surface area (Å²) in [5.41, 5.74) is -0.0628. The van der Waals surface area contributed by atoms with E-state index in [1.807, 2.05) is 6.92 Å². The van der Waals surface area contributed by atoms with E-state index in [9.17, 15) is 13.2 Å². The molecule has 0 amide bonds. The van der Waals surface area contributed by atoms with Gasteiger partial charge in [0, 0.05) is 25.4 Å². The topological polar surface area (TPSA) is 113 Å². The quantitative estimate of drug-likeness (QED) is 0.822. The van der Waals surface area contributed by atoms with E-state index in [4.69, 9.17) is 9.84 Å². The standard InChI is InChI=1S/C12H19N3O5S/c1-3-20-9-4-6-15(7-5-9)21(18,19)11-10(12(16)17)8(2)13-14-11/h9H,3-7H2,1-2H3,(H,13,14)(H,16,17). The smallest absolute Gasteiger partial charge is 0.340 e. The number of aromatic carboxylic acids is 1. The first-order chi connectivity index (χ1) is 9.87. The van der Waals surface area contributed by atoms with Gasteiger partial charge in [-0.3, -0.25) is 5.10 Å². The third-order valence-corrected chi connectivity index (χ3v) is 5.34. The van der Waals surface area contributed by atoms with Crippen LogP contribution in [0, 0.1) is 6.92 Å². The molecule has 21 heavy (non-hydrogen) atoms. The van der Waals surface area contributed by atoms with Gasteiger partial charge in [0.1, 0.15) is 5.56 Å². The average molecular weight is 317 g/mol. The third kappa shape index (κ3) is 3.09. The number of carboxylic acids is 1. The Morgan fingerprint density at radius 3 is 2.62 bits per heavy atom. The molecule has 1 aliphatic heterocycles. The van der Waals surface area contributed by atoms with Crippen molar-refractivity contribution in [3.05, 3.63) is 11.3 Å². The molecule has 0 unspecified atom stereocenters. The van der Waals surface area contributed by atoms with Crippen molar-refractivity contribution in [2.45, 2.75) is 37.8 Å². The normalized spacial score (nSPS) is 18.0. The van der Waals surface area contributed by atoms with E-state index in [2.05, 4.69) is 10.2 Å². The van der Waals surface area contributed by atoms with Crippen molar-refractivity contribution >= 4 is 16.0 Å². The number of aromatic nitrogens is 2. The number of aromatic amines is 1. The van der Waals surface area contributed by atoms with Crippen molar-refractivity contribution in [1.29, 1.82) is 0 Å². The highest BCUT2D eigenvalue weighted by Crippen LogP contribution is 2.24. The molecule has 0 spiro atoms. The van der Waals surface area contributed by atoms with Crippen LogP contribution in [0.3, 0.4) is 0 Å². The van der Waals surface area contributed by atoms with Crippen molar-refractivity contribution in [2.75, 3.05) is 19.7 Å². The fraction of sp³-hybridized carbons (Fsp3) is 0.667. The van der Waals surface area contributed by atoms with Gasteiger partial charge in [-0.05, 0) is 26.7 Å². The number of sulfonamides is 1. The van der Waals surface area contributed by atoms with Crippen molar-refractivity contribution < 1.29 is 23.1 Å². The summed E-state index contributed by atoms with van der Waals surface area (Å²) < 4.78 is 31.8. The molecule has 0 bridgehead atoms. The predicted molar refractivity (Wildman–Crippen MR) is 73.7 cm³/mol. The van der Waals surface area contributed by atoms with E-state index in [1.54, 1.807) is 0 Å². The molecule has 0 saturated carbocycles. The van der Waals surface area contributed by atoms with E-state index in [0.29, 0.717) is 32.5 Å². The number of hydrogen-bond acceptors (Lipinski definition) is 5. The summed E-state index contributed by atoms with van der Waals surface area (Å²) in [5, 5.41) is 14.8. The number of ether oxygens (including phenoxy) is 1. The summed E-state index contributed by atoms with van der Waals surface area (Å²) >= 11 is 0. The van der Waals surface area contributed by atoms with Gasteiger partial charge in [-0.25, -0.2) is 13.2 Å². The second kappa shape index (κ2) is 6.12. The maximum absolute atomic E-state index is 12.5. The highest BCUT2D eigenvalue weighted by atomic mass is 32.2. The number of H-pyrrole nitrogens is 1. The van der Waals surface area contributed by atoms with E-state index in [1.165, 1.54) is 11.2 Å². The number of nitrogens with zero attached hydrogens (tertiary/aromatic N) is 2. The van der Waals surface area contributed by atoms with Crippen molar-refractivity contribution in [1.82, 2.24) is 14.5 Å². The van der Waals surface area contributed by atoms with E-state index in [-0.39, 0.29) is 17.4 Å². The zero-order valence-corrected chi connectivity index (χ0v) is 12.8. The van der Waals surface area contributed by atoms with Crippen molar-refractivity contribution in [3.8, 4) is 0 Å². The molecule has 0 aliphatic carbocycles. The summed E-state index contributed by atoms with van der Waals surface area (Å²) in [6.45, 7) is 4.58. The molecule has 9 heteroatoms. The van der Waals surface area contributed by atoms with Crippen LogP contribution in [0.1, 0.15) is 35.8 Å². The fourth-order valence-corrected chi connectivity index (χ4v) is 4.04. The Balaban J connectivity index is 2.22. The van der Waals surface area contributed by atoms with Crippen LogP contribution in [-0.4, -0.2) is 59.8 Å². The number of rotatable bonds is 5. The number of carboxylic acid groups (broad SMARTS) is 1. The summed E-state index contributed by atoms with van der Waals surface area (Å²) in [4.78, 5) is 11.2. The first kappa shape index (κ1) is 15.9. The van der Waals surface area contributed by atoms with Gasteiger partial charge in [-0.1, -0.05) is 0 Å². The lowest BCUT2D eigenvalue weighted by Crippen LogP contribution is -2.41. The summed E-state index contributed by atoms with van der Waals surface area (Å²) in [6.07, 6.45) is 1.25. The molecule has 2 rings (SSSR count). The molecule has 1 aliphatic rings. The molecule has 2 heterocycles. The second-order valence-corrected chi connectivity index (χ2v) is 6.75. The van der Waals surface area contributed by atoms with Gasteiger partial charge in [0.25, 0.3) is 10.0 Å². The Kier molecular flexibility index (Phi) is 4.64. The number of aryl methyl sites for hydroxylation is 1. The Bertz CT molecular complexity index is 617. The highest BCUT2D eigenvalue weighted by molar-refractivity contribution is 7.89. The summed E-state index contributed by atoms with van der Waals surface area (Å²) in [7, 11) is -3.90.